The topological polar surface area (TPSA) is 4.93 Å². The minimum Gasteiger partial charge on any atom is -0.309 e. The van der Waals surface area contributed by atoms with Gasteiger partial charge in [-0.25, -0.2) is 0 Å². The van der Waals surface area contributed by atoms with Gasteiger partial charge in [0.25, 0.3) is 0 Å². The Labute approximate surface area is 232 Å². The molecular formula is C36H21NS2. The molecule has 182 valence electrons. The molecule has 0 aliphatic carbocycles. The number of thiophene rings is 2. The molecule has 0 radical (unpaired) electrons. The number of para-hydroxylation sites is 1. The van der Waals surface area contributed by atoms with E-state index in [4.69, 9.17) is 0 Å². The van der Waals surface area contributed by atoms with Crippen LogP contribution in [0.5, 0.6) is 0 Å². The summed E-state index contributed by atoms with van der Waals surface area (Å²) in [5.74, 6) is 0. The Bertz CT molecular complexity index is 2400. The van der Waals surface area contributed by atoms with Crippen molar-refractivity contribution in [2.24, 2.45) is 0 Å². The van der Waals surface area contributed by atoms with Crippen molar-refractivity contribution in [2.75, 3.05) is 0 Å². The van der Waals surface area contributed by atoms with E-state index in [2.05, 4.69) is 132 Å². The van der Waals surface area contributed by atoms with Gasteiger partial charge in [-0.15, -0.1) is 22.7 Å². The Morgan fingerprint density at radius 1 is 0.410 bits per heavy atom. The standard InChI is InChI=1S/C36H21NS2/c1-4-15-30-25(11-1)28-20-29-26-12-2-5-16-32(26)39-35(29)21-31(28)37(30)23-10-7-9-22(19-23)24-14-8-18-34-36(24)27-13-3-6-17-33(27)38-34/h1-21H. The molecule has 6 aromatic carbocycles. The Morgan fingerprint density at radius 2 is 1.10 bits per heavy atom. The van der Waals surface area contributed by atoms with Crippen molar-refractivity contribution in [1.82, 2.24) is 4.57 Å². The van der Waals surface area contributed by atoms with Crippen molar-refractivity contribution < 1.29 is 0 Å². The van der Waals surface area contributed by atoms with Crippen LogP contribution in [0.4, 0.5) is 0 Å². The van der Waals surface area contributed by atoms with Crippen LogP contribution in [-0.4, -0.2) is 4.57 Å². The third-order valence-corrected chi connectivity index (χ3v) is 10.3. The highest BCUT2D eigenvalue weighted by Gasteiger charge is 2.16. The molecule has 0 atom stereocenters. The van der Waals surface area contributed by atoms with E-state index in [-0.39, 0.29) is 0 Å². The summed E-state index contributed by atoms with van der Waals surface area (Å²) in [6.45, 7) is 0. The molecule has 0 unspecified atom stereocenters. The SMILES string of the molecule is c1cc(-c2cccc3sc4ccccc4c23)cc(-n2c3ccccc3c3cc4c(cc32)sc2ccccc24)c1. The van der Waals surface area contributed by atoms with Crippen molar-refractivity contribution in [2.45, 2.75) is 0 Å². The van der Waals surface area contributed by atoms with Gasteiger partial charge in [0, 0.05) is 56.8 Å². The molecule has 39 heavy (non-hydrogen) atoms. The van der Waals surface area contributed by atoms with E-state index in [1.165, 1.54) is 79.0 Å². The molecular weight excluding hydrogens is 511 g/mol. The van der Waals surface area contributed by atoms with Crippen LogP contribution in [0.25, 0.3) is 79.0 Å². The highest BCUT2D eigenvalue weighted by atomic mass is 32.1. The number of aromatic nitrogens is 1. The molecule has 0 saturated heterocycles. The van der Waals surface area contributed by atoms with Crippen LogP contribution in [-0.2, 0) is 0 Å². The third kappa shape index (κ3) is 3.06. The first kappa shape index (κ1) is 21.5. The number of hydrogen-bond donors (Lipinski definition) is 0. The Hall–Kier alpha value is -4.44. The summed E-state index contributed by atoms with van der Waals surface area (Å²) in [6, 6.07) is 46.9. The van der Waals surface area contributed by atoms with Gasteiger partial charge in [-0.05, 0) is 59.7 Å². The molecule has 0 N–H and O–H groups in total. The lowest BCUT2D eigenvalue weighted by Crippen LogP contribution is -1.94. The van der Waals surface area contributed by atoms with Gasteiger partial charge in [-0.2, -0.15) is 0 Å². The minimum absolute atomic E-state index is 1.19. The van der Waals surface area contributed by atoms with Crippen LogP contribution in [0.1, 0.15) is 0 Å². The maximum absolute atomic E-state index is 2.45. The molecule has 9 aromatic rings. The first-order valence-corrected chi connectivity index (χ1v) is 14.8. The lowest BCUT2D eigenvalue weighted by Gasteiger charge is -2.11. The van der Waals surface area contributed by atoms with E-state index >= 15 is 0 Å². The zero-order valence-corrected chi connectivity index (χ0v) is 22.5. The van der Waals surface area contributed by atoms with E-state index in [1.54, 1.807) is 0 Å². The molecule has 9 rings (SSSR count). The number of nitrogens with zero attached hydrogens (tertiary/aromatic N) is 1. The fraction of sp³-hybridized carbons (Fsp3) is 0. The van der Waals surface area contributed by atoms with Crippen molar-refractivity contribution in [3.05, 3.63) is 127 Å². The van der Waals surface area contributed by atoms with Gasteiger partial charge >= 0.3 is 0 Å². The molecule has 0 bridgehead atoms. The molecule has 0 aliphatic heterocycles. The number of fused-ring (bicyclic) bond motifs is 9. The summed E-state index contributed by atoms with van der Waals surface area (Å²) in [6.07, 6.45) is 0. The Kier molecular flexibility index (Phi) is 4.43. The average molecular weight is 532 g/mol. The average Bonchev–Trinajstić information content (AvgIpc) is 3.65. The molecule has 3 heteroatoms. The second-order valence-corrected chi connectivity index (χ2v) is 12.3. The monoisotopic (exact) mass is 531 g/mol. The van der Waals surface area contributed by atoms with Gasteiger partial charge in [0.1, 0.15) is 0 Å². The highest BCUT2D eigenvalue weighted by molar-refractivity contribution is 7.26. The van der Waals surface area contributed by atoms with Gasteiger partial charge in [-0.3, -0.25) is 0 Å². The normalized spacial score (nSPS) is 12.1. The third-order valence-electron chi connectivity index (χ3n) is 7.99. The predicted molar refractivity (Wildman–Crippen MR) is 172 cm³/mol. The lowest BCUT2D eigenvalue weighted by molar-refractivity contribution is 1.18. The van der Waals surface area contributed by atoms with Crippen LogP contribution < -0.4 is 0 Å². The van der Waals surface area contributed by atoms with E-state index in [0.29, 0.717) is 0 Å². The van der Waals surface area contributed by atoms with E-state index in [0.717, 1.165) is 0 Å². The minimum atomic E-state index is 1.19. The Morgan fingerprint density at radius 3 is 2.00 bits per heavy atom. The summed E-state index contributed by atoms with van der Waals surface area (Å²) in [4.78, 5) is 0. The largest absolute Gasteiger partial charge is 0.309 e. The summed E-state index contributed by atoms with van der Waals surface area (Å²) in [5.41, 5.74) is 6.23. The fourth-order valence-electron chi connectivity index (χ4n) is 6.29. The Balaban J connectivity index is 1.34. The first-order chi connectivity index (χ1) is 19.3. The maximum atomic E-state index is 2.45. The molecule has 0 spiro atoms. The zero-order valence-electron chi connectivity index (χ0n) is 20.9. The second kappa shape index (κ2) is 8.03. The maximum Gasteiger partial charge on any atom is 0.0555 e. The molecule has 1 nitrogen and oxygen atoms in total. The molecule has 3 aromatic heterocycles. The van der Waals surface area contributed by atoms with Gasteiger partial charge < -0.3 is 4.57 Å². The predicted octanol–water partition coefficient (Wildman–Crippen LogP) is 11.2. The molecule has 3 heterocycles. The van der Waals surface area contributed by atoms with E-state index in [9.17, 15) is 0 Å². The molecule has 0 fully saturated rings. The number of benzene rings is 6. The van der Waals surface area contributed by atoms with Crippen molar-refractivity contribution in [1.29, 1.82) is 0 Å². The smallest absolute Gasteiger partial charge is 0.0555 e. The van der Waals surface area contributed by atoms with Crippen LogP contribution in [0.3, 0.4) is 0 Å². The lowest BCUT2D eigenvalue weighted by atomic mass is 9.99. The fourth-order valence-corrected chi connectivity index (χ4v) is 8.55. The molecule has 0 aliphatic rings. The zero-order chi connectivity index (χ0) is 25.5. The summed E-state index contributed by atoms with van der Waals surface area (Å²) >= 11 is 3.76. The van der Waals surface area contributed by atoms with Crippen molar-refractivity contribution in [3.8, 4) is 16.8 Å². The van der Waals surface area contributed by atoms with Crippen molar-refractivity contribution >= 4 is 84.8 Å². The molecule has 0 amide bonds. The van der Waals surface area contributed by atoms with E-state index < -0.39 is 0 Å². The van der Waals surface area contributed by atoms with Crippen LogP contribution in [0.15, 0.2) is 127 Å². The van der Waals surface area contributed by atoms with Gasteiger partial charge in [0.05, 0.1) is 11.0 Å². The summed E-state index contributed by atoms with van der Waals surface area (Å²) in [7, 11) is 0. The molecule has 0 saturated carbocycles. The van der Waals surface area contributed by atoms with Crippen molar-refractivity contribution in [3.63, 3.8) is 0 Å². The van der Waals surface area contributed by atoms with Crippen LogP contribution >= 0.6 is 22.7 Å². The van der Waals surface area contributed by atoms with Gasteiger partial charge in [-0.1, -0.05) is 78.9 Å². The van der Waals surface area contributed by atoms with Gasteiger partial charge in [0.2, 0.25) is 0 Å². The first-order valence-electron chi connectivity index (χ1n) is 13.2. The quantitative estimate of drug-likeness (QED) is 0.209. The highest BCUT2D eigenvalue weighted by Crippen LogP contribution is 2.42. The van der Waals surface area contributed by atoms with Crippen LogP contribution in [0.2, 0.25) is 0 Å². The second-order valence-electron chi connectivity index (χ2n) is 10.1. The summed E-state index contributed by atoms with van der Waals surface area (Å²) in [5, 5.41) is 7.97. The van der Waals surface area contributed by atoms with E-state index in [1.807, 2.05) is 22.7 Å². The number of hydrogen-bond acceptors (Lipinski definition) is 2. The summed E-state index contributed by atoms with van der Waals surface area (Å²) < 4.78 is 7.80. The van der Waals surface area contributed by atoms with Gasteiger partial charge in [0.15, 0.2) is 0 Å². The van der Waals surface area contributed by atoms with Crippen LogP contribution in [0, 0.1) is 0 Å². The number of rotatable bonds is 2.